The molecule has 5 heteroatoms. The molecule has 0 radical (unpaired) electrons. The number of benzene rings is 2. The van der Waals surface area contributed by atoms with Crippen LogP contribution in [0.25, 0.3) is 10.9 Å². The van der Waals surface area contributed by atoms with Crippen molar-refractivity contribution in [3.05, 3.63) is 76.3 Å². The van der Waals surface area contributed by atoms with Gasteiger partial charge in [-0.2, -0.15) is 0 Å². The summed E-state index contributed by atoms with van der Waals surface area (Å²) < 4.78 is 28.0. The van der Waals surface area contributed by atoms with Gasteiger partial charge in [-0.15, -0.1) is 0 Å². The summed E-state index contributed by atoms with van der Waals surface area (Å²) in [5.74, 6) is -0.824. The lowest BCUT2D eigenvalue weighted by Gasteiger charge is -2.07. The molecule has 1 heterocycles. The fourth-order valence-corrected chi connectivity index (χ4v) is 2.05. The number of fused-ring (bicyclic) bond motifs is 1. The molecular weight excluding hydrogens is 262 g/mol. The molecule has 0 fully saturated rings. The fourth-order valence-electron chi connectivity index (χ4n) is 2.05. The number of aromatic nitrogens is 2. The van der Waals surface area contributed by atoms with Gasteiger partial charge in [0.2, 0.25) is 0 Å². The summed E-state index contributed by atoms with van der Waals surface area (Å²) >= 11 is 0. The predicted octanol–water partition coefficient (Wildman–Crippen LogP) is 2.72. The van der Waals surface area contributed by atoms with Crippen molar-refractivity contribution in [2.45, 2.75) is 6.54 Å². The lowest BCUT2D eigenvalue weighted by molar-refractivity contribution is 0.595. The number of nitrogens with zero attached hydrogens (tertiary/aromatic N) is 2. The van der Waals surface area contributed by atoms with E-state index in [1.807, 2.05) is 0 Å². The fraction of sp³-hybridized carbons (Fsp3) is 0.0667. The largest absolute Gasteiger partial charge is 0.294 e. The van der Waals surface area contributed by atoms with Crippen molar-refractivity contribution in [1.82, 2.24) is 9.55 Å². The van der Waals surface area contributed by atoms with Gasteiger partial charge in [-0.3, -0.25) is 9.36 Å². The van der Waals surface area contributed by atoms with E-state index in [4.69, 9.17) is 0 Å². The van der Waals surface area contributed by atoms with E-state index in [1.54, 1.807) is 18.2 Å². The molecule has 0 atom stereocenters. The molecular formula is C15H10F2N2O. The maximum atomic E-state index is 13.6. The van der Waals surface area contributed by atoms with Crippen LogP contribution in [0.5, 0.6) is 0 Å². The minimum absolute atomic E-state index is 0.0891. The van der Waals surface area contributed by atoms with Gasteiger partial charge in [-0.1, -0.05) is 18.2 Å². The van der Waals surface area contributed by atoms with Crippen molar-refractivity contribution in [1.29, 1.82) is 0 Å². The van der Waals surface area contributed by atoms with Crippen LogP contribution in [0, 0.1) is 11.6 Å². The van der Waals surface area contributed by atoms with Crippen molar-refractivity contribution in [3.8, 4) is 0 Å². The van der Waals surface area contributed by atoms with Crippen LogP contribution >= 0.6 is 0 Å². The van der Waals surface area contributed by atoms with Gasteiger partial charge in [-0.25, -0.2) is 13.8 Å². The van der Waals surface area contributed by atoms with Crippen molar-refractivity contribution in [2.24, 2.45) is 0 Å². The van der Waals surface area contributed by atoms with Crippen LogP contribution in [0.3, 0.4) is 0 Å². The predicted molar refractivity (Wildman–Crippen MR) is 71.5 cm³/mol. The van der Waals surface area contributed by atoms with E-state index in [2.05, 4.69) is 4.98 Å². The van der Waals surface area contributed by atoms with Gasteiger partial charge >= 0.3 is 0 Å². The molecule has 2 aromatic carbocycles. The van der Waals surface area contributed by atoms with E-state index in [9.17, 15) is 13.6 Å². The molecule has 0 N–H and O–H groups in total. The Labute approximate surface area is 113 Å². The standard InChI is InChI=1S/C15H10F2N2O/c16-11-5-6-12-14(7-11)18-9-19(15(12)20)8-10-3-1-2-4-13(10)17/h1-7,9H,8H2. The monoisotopic (exact) mass is 272 g/mol. The Kier molecular flexibility index (Phi) is 3.02. The van der Waals surface area contributed by atoms with E-state index in [0.717, 1.165) is 0 Å². The molecule has 3 nitrogen and oxygen atoms in total. The molecule has 100 valence electrons. The van der Waals surface area contributed by atoms with E-state index < -0.39 is 5.82 Å². The van der Waals surface area contributed by atoms with Crippen molar-refractivity contribution in [3.63, 3.8) is 0 Å². The zero-order valence-electron chi connectivity index (χ0n) is 10.4. The average molecular weight is 272 g/mol. The first kappa shape index (κ1) is 12.5. The molecule has 20 heavy (non-hydrogen) atoms. The molecule has 0 saturated heterocycles. The zero-order chi connectivity index (χ0) is 14.1. The zero-order valence-corrected chi connectivity index (χ0v) is 10.4. The number of halogens is 2. The molecule has 0 aliphatic rings. The molecule has 3 aromatic rings. The summed E-state index contributed by atoms with van der Waals surface area (Å²) in [6.45, 7) is 0.0891. The van der Waals surface area contributed by atoms with Crippen LogP contribution in [-0.2, 0) is 6.54 Å². The summed E-state index contributed by atoms with van der Waals surface area (Å²) in [5, 5.41) is 0.310. The summed E-state index contributed by atoms with van der Waals surface area (Å²) in [6, 6.07) is 10.0. The lowest BCUT2D eigenvalue weighted by atomic mass is 10.2. The average Bonchev–Trinajstić information content (AvgIpc) is 2.44. The second-order valence-electron chi connectivity index (χ2n) is 4.43. The Bertz CT molecular complexity index is 843. The Morgan fingerprint density at radius 2 is 1.90 bits per heavy atom. The molecule has 0 aliphatic heterocycles. The van der Waals surface area contributed by atoms with Crippen LogP contribution in [0.2, 0.25) is 0 Å². The third kappa shape index (κ3) is 2.18. The van der Waals surface area contributed by atoms with Crippen LogP contribution in [-0.4, -0.2) is 9.55 Å². The van der Waals surface area contributed by atoms with E-state index in [-0.39, 0.29) is 17.9 Å². The van der Waals surface area contributed by atoms with E-state index in [1.165, 1.54) is 35.2 Å². The van der Waals surface area contributed by atoms with Gasteiger partial charge < -0.3 is 0 Å². The highest BCUT2D eigenvalue weighted by Crippen LogP contribution is 2.11. The van der Waals surface area contributed by atoms with Crippen molar-refractivity contribution >= 4 is 10.9 Å². The van der Waals surface area contributed by atoms with Gasteiger partial charge in [0.15, 0.2) is 0 Å². The van der Waals surface area contributed by atoms with Gasteiger partial charge in [-0.05, 0) is 18.2 Å². The normalized spacial score (nSPS) is 10.9. The second kappa shape index (κ2) is 4.85. The molecule has 0 aliphatic carbocycles. The van der Waals surface area contributed by atoms with E-state index >= 15 is 0 Å². The summed E-state index contributed by atoms with van der Waals surface area (Å²) in [5.41, 5.74) is 0.371. The molecule has 3 rings (SSSR count). The Balaban J connectivity index is 2.09. The Morgan fingerprint density at radius 3 is 2.70 bits per heavy atom. The van der Waals surface area contributed by atoms with Gasteiger partial charge in [0.05, 0.1) is 23.8 Å². The molecule has 0 amide bonds. The van der Waals surface area contributed by atoms with E-state index in [0.29, 0.717) is 16.5 Å². The third-order valence-corrected chi connectivity index (χ3v) is 3.09. The van der Waals surface area contributed by atoms with Crippen LogP contribution < -0.4 is 5.56 Å². The van der Waals surface area contributed by atoms with Gasteiger partial charge in [0, 0.05) is 11.6 Å². The Hall–Kier alpha value is -2.56. The van der Waals surface area contributed by atoms with Gasteiger partial charge in [0.25, 0.3) is 5.56 Å². The molecule has 1 aromatic heterocycles. The first-order valence-corrected chi connectivity index (χ1v) is 6.03. The highest BCUT2D eigenvalue weighted by molar-refractivity contribution is 5.77. The van der Waals surface area contributed by atoms with Crippen molar-refractivity contribution in [2.75, 3.05) is 0 Å². The maximum Gasteiger partial charge on any atom is 0.261 e. The smallest absolute Gasteiger partial charge is 0.261 e. The van der Waals surface area contributed by atoms with Crippen LogP contribution in [0.4, 0.5) is 8.78 Å². The summed E-state index contributed by atoms with van der Waals surface area (Å²) in [4.78, 5) is 16.3. The summed E-state index contributed by atoms with van der Waals surface area (Å²) in [7, 11) is 0. The van der Waals surface area contributed by atoms with Gasteiger partial charge in [0.1, 0.15) is 11.6 Å². The topological polar surface area (TPSA) is 34.9 Å². The molecule has 0 unspecified atom stereocenters. The number of hydrogen-bond acceptors (Lipinski definition) is 2. The van der Waals surface area contributed by atoms with Crippen LogP contribution in [0.1, 0.15) is 5.56 Å². The quantitative estimate of drug-likeness (QED) is 0.719. The first-order chi connectivity index (χ1) is 9.65. The highest BCUT2D eigenvalue weighted by Gasteiger charge is 2.07. The minimum Gasteiger partial charge on any atom is -0.294 e. The third-order valence-electron chi connectivity index (χ3n) is 3.09. The number of rotatable bonds is 2. The molecule has 0 bridgehead atoms. The molecule has 0 saturated carbocycles. The SMILES string of the molecule is O=c1c2ccc(F)cc2ncn1Cc1ccccc1F. The number of hydrogen-bond donors (Lipinski definition) is 0. The van der Waals surface area contributed by atoms with Crippen molar-refractivity contribution < 1.29 is 8.78 Å². The summed E-state index contributed by atoms with van der Waals surface area (Å²) in [6.07, 6.45) is 1.30. The minimum atomic E-state index is -0.448. The second-order valence-corrected chi connectivity index (χ2v) is 4.43. The van der Waals surface area contributed by atoms with Crippen LogP contribution in [0.15, 0.2) is 53.6 Å². The Morgan fingerprint density at radius 1 is 1.10 bits per heavy atom. The molecule has 0 spiro atoms. The lowest BCUT2D eigenvalue weighted by Crippen LogP contribution is -2.21. The first-order valence-electron chi connectivity index (χ1n) is 6.03. The highest BCUT2D eigenvalue weighted by atomic mass is 19.1. The maximum absolute atomic E-state index is 13.6.